The van der Waals surface area contributed by atoms with Crippen LogP contribution in [-0.4, -0.2) is 39.2 Å². The van der Waals surface area contributed by atoms with E-state index in [0.717, 1.165) is 16.6 Å². The van der Waals surface area contributed by atoms with Crippen LogP contribution in [0.3, 0.4) is 0 Å². The molecule has 1 heterocycles. The highest BCUT2D eigenvalue weighted by atomic mass is 16.2. The molecule has 18 heavy (non-hydrogen) atoms. The van der Waals surface area contributed by atoms with Crippen molar-refractivity contribution in [3.05, 3.63) is 23.8 Å². The molecule has 1 atom stereocenters. The quantitative estimate of drug-likeness (QED) is 0.609. The molecule has 0 aliphatic heterocycles. The van der Waals surface area contributed by atoms with Crippen molar-refractivity contribution in [3.8, 4) is 0 Å². The minimum Gasteiger partial charge on any atom is -0.220 e. The molecule has 5 nitrogen and oxygen atoms in total. The Morgan fingerprint density at radius 2 is 2.22 bits per heavy atom. The van der Waals surface area contributed by atoms with Crippen molar-refractivity contribution in [2.75, 3.05) is 7.05 Å². The van der Waals surface area contributed by atoms with E-state index in [1.54, 1.807) is 11.8 Å². The summed E-state index contributed by atoms with van der Waals surface area (Å²) >= 11 is 0. The van der Waals surface area contributed by atoms with E-state index in [1.807, 2.05) is 32.0 Å². The number of amides is 1. The summed E-state index contributed by atoms with van der Waals surface area (Å²) in [7, 11) is 1.65. The molecule has 0 saturated heterocycles. The number of nitrogens with zero attached hydrogens (tertiary/aromatic N) is 4. The number of aryl methyl sites for hydroxylation is 1. The molecule has 0 aliphatic rings. The third kappa shape index (κ3) is 2.30. The van der Waals surface area contributed by atoms with Crippen molar-refractivity contribution in [3.63, 3.8) is 0 Å². The summed E-state index contributed by atoms with van der Waals surface area (Å²) in [5.41, 5.74) is 2.84. The molecular weight excluding hydrogens is 228 g/mol. The van der Waals surface area contributed by atoms with E-state index >= 15 is 0 Å². The lowest BCUT2D eigenvalue weighted by Gasteiger charge is -2.06. The van der Waals surface area contributed by atoms with Gasteiger partial charge in [0.2, 0.25) is 0 Å². The second kappa shape index (κ2) is 4.68. The van der Waals surface area contributed by atoms with Gasteiger partial charge in [0, 0.05) is 0 Å². The zero-order valence-electron chi connectivity index (χ0n) is 10.9. The predicted octanol–water partition coefficient (Wildman–Crippen LogP) is 1.56. The fourth-order valence-electron chi connectivity index (χ4n) is 1.78. The van der Waals surface area contributed by atoms with Crippen LogP contribution in [0.25, 0.3) is 11.0 Å². The Kier molecular flexibility index (Phi) is 3.23. The smallest absolute Gasteiger partial charge is 0.220 e. The molecule has 0 spiro atoms. The number of rotatable bonds is 3. The molecule has 0 bridgehead atoms. The van der Waals surface area contributed by atoms with Crippen molar-refractivity contribution >= 4 is 23.7 Å². The summed E-state index contributed by atoms with van der Waals surface area (Å²) in [6.45, 7) is 7.50. The number of hydrogen-bond acceptors (Lipinski definition) is 3. The fraction of sp³-hybridized carbons (Fsp3) is 0.385. The first-order valence-electron chi connectivity index (χ1n) is 5.88. The van der Waals surface area contributed by atoms with E-state index in [9.17, 15) is 4.79 Å². The first-order chi connectivity index (χ1) is 8.49. The Hall–Kier alpha value is -2.04. The number of fused-ring (bicyclic) bond motifs is 1. The molecule has 2 aromatic rings. The minimum absolute atomic E-state index is 0.0272. The van der Waals surface area contributed by atoms with E-state index < -0.39 is 0 Å². The van der Waals surface area contributed by atoms with Gasteiger partial charge in [-0.2, -0.15) is 19.6 Å². The standard InChI is InChI=1S/C13H17N4O/c1-9-6-5-7-11-13(9)15-17(14-11)10(2)8-12(18)16(3)4/h5-7,10H,3,8H2,1-2,4H3/q+1. The van der Waals surface area contributed by atoms with Gasteiger partial charge in [-0.3, -0.25) is 0 Å². The molecule has 2 rings (SSSR count). The number of carbonyl (C=O) groups is 1. The predicted molar refractivity (Wildman–Crippen MR) is 69.9 cm³/mol. The second-order valence-corrected chi connectivity index (χ2v) is 4.61. The van der Waals surface area contributed by atoms with Gasteiger partial charge in [-0.25, -0.2) is 4.79 Å². The minimum atomic E-state index is -0.0755. The van der Waals surface area contributed by atoms with Crippen LogP contribution < -0.4 is 0 Å². The topological polar surface area (TPSA) is 50.8 Å². The van der Waals surface area contributed by atoms with Crippen LogP contribution in [0, 0.1) is 6.92 Å². The average Bonchev–Trinajstić information content (AvgIpc) is 2.74. The monoisotopic (exact) mass is 245 g/mol. The molecule has 94 valence electrons. The normalized spacial score (nSPS) is 12.6. The lowest BCUT2D eigenvalue weighted by molar-refractivity contribution is -0.411. The van der Waals surface area contributed by atoms with Crippen molar-refractivity contribution < 1.29 is 9.37 Å². The zero-order valence-corrected chi connectivity index (χ0v) is 10.9. The molecule has 0 N–H and O–H groups in total. The summed E-state index contributed by atoms with van der Waals surface area (Å²) in [6, 6.07) is 5.80. The van der Waals surface area contributed by atoms with Gasteiger partial charge in [0.1, 0.15) is 24.8 Å². The number of carbonyl (C=O) groups excluding carboxylic acids is 1. The van der Waals surface area contributed by atoms with Crippen molar-refractivity contribution in [1.29, 1.82) is 0 Å². The first kappa shape index (κ1) is 12.4. The highest BCUT2D eigenvalue weighted by Gasteiger charge is 2.19. The first-order valence-corrected chi connectivity index (χ1v) is 5.88. The van der Waals surface area contributed by atoms with Gasteiger partial charge in [-0.1, -0.05) is 12.1 Å². The average molecular weight is 245 g/mol. The molecule has 0 fully saturated rings. The Balaban J connectivity index is 2.28. The lowest BCUT2D eigenvalue weighted by atomic mass is 10.2. The van der Waals surface area contributed by atoms with Gasteiger partial charge < -0.3 is 0 Å². The molecule has 1 unspecified atom stereocenters. The SMILES string of the molecule is C=[N+](C)C(=O)CC(C)n1nc2cccc(C)c2n1. The maximum absolute atomic E-state index is 11.6. The number of hydrogen-bond donors (Lipinski definition) is 0. The van der Waals surface area contributed by atoms with Gasteiger partial charge in [-0.05, 0) is 25.5 Å². The summed E-state index contributed by atoms with van der Waals surface area (Å²) in [6.07, 6.45) is 0.347. The van der Waals surface area contributed by atoms with Crippen LogP contribution in [0.4, 0.5) is 0 Å². The molecular formula is C13H17N4O+. The molecule has 0 saturated carbocycles. The van der Waals surface area contributed by atoms with E-state index in [1.165, 1.54) is 4.58 Å². The molecule has 1 aromatic heterocycles. The Bertz CT molecular complexity index is 614. The van der Waals surface area contributed by atoms with Crippen LogP contribution in [0.15, 0.2) is 18.2 Å². The van der Waals surface area contributed by atoms with E-state index in [0.29, 0.717) is 6.42 Å². The number of benzene rings is 1. The van der Waals surface area contributed by atoms with E-state index in [2.05, 4.69) is 16.9 Å². The summed E-state index contributed by atoms with van der Waals surface area (Å²) in [5, 5.41) is 8.84. The third-order valence-electron chi connectivity index (χ3n) is 2.92. The molecule has 0 radical (unpaired) electrons. The molecule has 5 heteroatoms. The maximum atomic E-state index is 11.6. The van der Waals surface area contributed by atoms with Crippen LogP contribution in [0.2, 0.25) is 0 Å². The Morgan fingerprint density at radius 3 is 2.83 bits per heavy atom. The molecule has 1 amide bonds. The van der Waals surface area contributed by atoms with Crippen molar-refractivity contribution in [1.82, 2.24) is 15.0 Å². The number of aromatic nitrogens is 3. The van der Waals surface area contributed by atoms with Gasteiger partial charge in [0.25, 0.3) is 0 Å². The van der Waals surface area contributed by atoms with E-state index in [4.69, 9.17) is 0 Å². The maximum Gasteiger partial charge on any atom is 0.388 e. The van der Waals surface area contributed by atoms with Crippen LogP contribution in [0.5, 0.6) is 0 Å². The van der Waals surface area contributed by atoms with Crippen molar-refractivity contribution in [2.45, 2.75) is 26.3 Å². The Morgan fingerprint density at radius 1 is 1.50 bits per heavy atom. The zero-order chi connectivity index (χ0) is 13.3. The van der Waals surface area contributed by atoms with Gasteiger partial charge in [-0.15, -0.1) is 0 Å². The fourth-order valence-corrected chi connectivity index (χ4v) is 1.78. The molecule has 0 aliphatic carbocycles. The highest BCUT2D eigenvalue weighted by Crippen LogP contribution is 2.16. The van der Waals surface area contributed by atoms with Gasteiger partial charge in [0.05, 0.1) is 12.5 Å². The highest BCUT2D eigenvalue weighted by molar-refractivity contribution is 5.77. The van der Waals surface area contributed by atoms with Crippen LogP contribution in [-0.2, 0) is 4.79 Å². The summed E-state index contributed by atoms with van der Waals surface area (Å²) in [4.78, 5) is 13.2. The van der Waals surface area contributed by atoms with Gasteiger partial charge in [0.15, 0.2) is 0 Å². The second-order valence-electron chi connectivity index (χ2n) is 4.61. The lowest BCUT2D eigenvalue weighted by Crippen LogP contribution is -2.20. The van der Waals surface area contributed by atoms with Crippen molar-refractivity contribution in [2.24, 2.45) is 0 Å². The van der Waals surface area contributed by atoms with Crippen LogP contribution in [0.1, 0.15) is 24.9 Å². The Labute approximate surface area is 106 Å². The van der Waals surface area contributed by atoms with Crippen LogP contribution >= 0.6 is 0 Å². The summed E-state index contributed by atoms with van der Waals surface area (Å²) < 4.78 is 1.34. The largest absolute Gasteiger partial charge is 0.388 e. The summed E-state index contributed by atoms with van der Waals surface area (Å²) in [5.74, 6) is -0.0272. The third-order valence-corrected chi connectivity index (χ3v) is 2.92. The molecule has 1 aromatic carbocycles. The van der Waals surface area contributed by atoms with E-state index in [-0.39, 0.29) is 11.9 Å². The van der Waals surface area contributed by atoms with Gasteiger partial charge >= 0.3 is 5.91 Å².